The van der Waals surface area contributed by atoms with E-state index in [4.69, 9.17) is 14.2 Å². The minimum atomic E-state index is -0.894. The minimum Gasteiger partial charge on any atom is -0.472 e. The van der Waals surface area contributed by atoms with E-state index in [1.807, 2.05) is 25.1 Å². The standard InChI is InChI=1S/C20H22N2O5/c1-13-4-3-5-14(10-13)18(20(24)25-2)22-19(23)15-6-7-17(21-11-15)27-16-8-9-26-12-16/h3-7,10-11,16,18H,8-9,12H2,1-2H3,(H,22,23). The van der Waals surface area contributed by atoms with Gasteiger partial charge in [0.2, 0.25) is 5.88 Å². The van der Waals surface area contributed by atoms with Gasteiger partial charge in [0.15, 0.2) is 6.04 Å². The molecule has 1 amide bonds. The van der Waals surface area contributed by atoms with Crippen LogP contribution in [0.25, 0.3) is 0 Å². The average Bonchev–Trinajstić information content (AvgIpc) is 3.19. The normalized spacial score (nSPS) is 17.2. The molecule has 1 aliphatic rings. The number of hydrogen-bond donors (Lipinski definition) is 1. The maximum atomic E-state index is 12.6. The Balaban J connectivity index is 1.70. The van der Waals surface area contributed by atoms with Crippen molar-refractivity contribution in [2.45, 2.75) is 25.5 Å². The van der Waals surface area contributed by atoms with Crippen molar-refractivity contribution in [3.05, 3.63) is 59.3 Å². The molecular weight excluding hydrogens is 348 g/mol. The summed E-state index contributed by atoms with van der Waals surface area (Å²) in [4.78, 5) is 28.9. The number of rotatable bonds is 6. The van der Waals surface area contributed by atoms with Gasteiger partial charge in [0.25, 0.3) is 5.91 Å². The van der Waals surface area contributed by atoms with Gasteiger partial charge in [0.1, 0.15) is 6.10 Å². The second kappa shape index (κ2) is 8.64. The lowest BCUT2D eigenvalue weighted by molar-refractivity contribution is -0.143. The van der Waals surface area contributed by atoms with Crippen LogP contribution in [0.3, 0.4) is 0 Å². The van der Waals surface area contributed by atoms with E-state index in [0.717, 1.165) is 12.0 Å². The minimum absolute atomic E-state index is 0.0119. The van der Waals surface area contributed by atoms with Crippen LogP contribution >= 0.6 is 0 Å². The fraction of sp³-hybridized carbons (Fsp3) is 0.350. The monoisotopic (exact) mass is 370 g/mol. The maximum absolute atomic E-state index is 12.6. The molecule has 1 fully saturated rings. The lowest BCUT2D eigenvalue weighted by Crippen LogP contribution is -2.34. The van der Waals surface area contributed by atoms with Crippen LogP contribution in [0.1, 0.15) is 33.9 Å². The van der Waals surface area contributed by atoms with Gasteiger partial charge in [-0.1, -0.05) is 29.8 Å². The summed E-state index contributed by atoms with van der Waals surface area (Å²) in [5, 5.41) is 2.71. The zero-order valence-electron chi connectivity index (χ0n) is 15.3. The topological polar surface area (TPSA) is 86.8 Å². The van der Waals surface area contributed by atoms with Crippen LogP contribution in [0.15, 0.2) is 42.6 Å². The number of ether oxygens (including phenoxy) is 3. The number of amides is 1. The molecule has 7 heteroatoms. The van der Waals surface area contributed by atoms with Gasteiger partial charge < -0.3 is 19.5 Å². The molecular formula is C20H22N2O5. The van der Waals surface area contributed by atoms with Crippen LogP contribution in [0.5, 0.6) is 5.88 Å². The smallest absolute Gasteiger partial charge is 0.333 e. The van der Waals surface area contributed by atoms with E-state index < -0.39 is 17.9 Å². The number of esters is 1. The number of carbonyl (C=O) groups is 2. The SMILES string of the molecule is COC(=O)C(NC(=O)c1ccc(OC2CCOC2)nc1)c1cccc(C)c1. The molecule has 7 nitrogen and oxygen atoms in total. The second-order valence-corrected chi connectivity index (χ2v) is 6.33. The Morgan fingerprint density at radius 1 is 1.30 bits per heavy atom. The molecule has 2 atom stereocenters. The van der Waals surface area contributed by atoms with Gasteiger partial charge >= 0.3 is 5.97 Å². The van der Waals surface area contributed by atoms with Gasteiger partial charge in [-0.05, 0) is 18.6 Å². The maximum Gasteiger partial charge on any atom is 0.333 e. The molecule has 1 aromatic heterocycles. The molecule has 0 spiro atoms. The number of aryl methyl sites for hydroxylation is 1. The van der Waals surface area contributed by atoms with Gasteiger partial charge in [0.05, 0.1) is 25.9 Å². The average molecular weight is 370 g/mol. The van der Waals surface area contributed by atoms with Crippen LogP contribution in [0.2, 0.25) is 0 Å². The predicted octanol–water partition coefficient (Wildman–Crippen LogP) is 2.20. The van der Waals surface area contributed by atoms with Crippen LogP contribution in [0, 0.1) is 6.92 Å². The van der Waals surface area contributed by atoms with Crippen molar-refractivity contribution in [2.24, 2.45) is 0 Å². The summed E-state index contributed by atoms with van der Waals surface area (Å²) < 4.78 is 15.8. The molecule has 142 valence electrons. The lowest BCUT2D eigenvalue weighted by atomic mass is 10.0. The summed E-state index contributed by atoms with van der Waals surface area (Å²) >= 11 is 0. The number of nitrogens with zero attached hydrogens (tertiary/aromatic N) is 1. The number of pyridine rings is 1. The van der Waals surface area contributed by atoms with Crippen molar-refractivity contribution in [3.63, 3.8) is 0 Å². The largest absolute Gasteiger partial charge is 0.472 e. The van der Waals surface area contributed by atoms with Gasteiger partial charge in [-0.3, -0.25) is 4.79 Å². The van der Waals surface area contributed by atoms with E-state index in [9.17, 15) is 9.59 Å². The van der Waals surface area contributed by atoms with Gasteiger partial charge in [0, 0.05) is 18.7 Å². The Labute approximate surface area is 157 Å². The molecule has 3 rings (SSSR count). The third kappa shape index (κ3) is 4.83. The Kier molecular flexibility index (Phi) is 6.03. The summed E-state index contributed by atoms with van der Waals surface area (Å²) in [5.74, 6) is -0.525. The van der Waals surface area contributed by atoms with Crippen molar-refractivity contribution in [1.29, 1.82) is 0 Å². The van der Waals surface area contributed by atoms with Crippen molar-refractivity contribution in [2.75, 3.05) is 20.3 Å². The highest BCUT2D eigenvalue weighted by molar-refractivity contribution is 5.96. The molecule has 2 heterocycles. The number of aromatic nitrogens is 1. The highest BCUT2D eigenvalue weighted by Crippen LogP contribution is 2.18. The van der Waals surface area contributed by atoms with Crippen LogP contribution < -0.4 is 10.1 Å². The molecule has 0 radical (unpaired) electrons. The second-order valence-electron chi connectivity index (χ2n) is 6.33. The lowest BCUT2D eigenvalue weighted by Gasteiger charge is -2.17. The number of hydrogen-bond acceptors (Lipinski definition) is 6. The zero-order chi connectivity index (χ0) is 19.2. The molecule has 2 aromatic rings. The van der Waals surface area contributed by atoms with Crippen LogP contribution in [0.4, 0.5) is 0 Å². The molecule has 0 aliphatic carbocycles. The summed E-state index contributed by atoms with van der Waals surface area (Å²) in [5.41, 5.74) is 1.96. The summed E-state index contributed by atoms with van der Waals surface area (Å²) in [6, 6.07) is 9.69. The Bertz CT molecular complexity index is 800. The zero-order valence-corrected chi connectivity index (χ0v) is 15.3. The number of methoxy groups -OCH3 is 1. The summed E-state index contributed by atoms with van der Waals surface area (Å²) in [6.07, 6.45) is 2.23. The summed E-state index contributed by atoms with van der Waals surface area (Å²) in [6.45, 7) is 3.14. The molecule has 2 unspecified atom stereocenters. The molecule has 1 aromatic carbocycles. The Morgan fingerprint density at radius 3 is 2.78 bits per heavy atom. The van der Waals surface area contributed by atoms with E-state index in [1.54, 1.807) is 18.2 Å². The third-order valence-corrected chi connectivity index (χ3v) is 4.26. The number of nitrogens with one attached hydrogen (secondary N) is 1. The Hall–Kier alpha value is -2.93. The quantitative estimate of drug-likeness (QED) is 0.785. The van der Waals surface area contributed by atoms with Gasteiger partial charge in [-0.25, -0.2) is 9.78 Å². The van der Waals surface area contributed by atoms with E-state index in [-0.39, 0.29) is 6.10 Å². The van der Waals surface area contributed by atoms with E-state index >= 15 is 0 Å². The van der Waals surface area contributed by atoms with E-state index in [0.29, 0.717) is 30.2 Å². The molecule has 1 saturated heterocycles. The highest BCUT2D eigenvalue weighted by atomic mass is 16.5. The first-order chi connectivity index (χ1) is 13.1. The predicted molar refractivity (Wildman–Crippen MR) is 97.5 cm³/mol. The van der Waals surface area contributed by atoms with Crippen molar-refractivity contribution in [3.8, 4) is 5.88 Å². The third-order valence-electron chi connectivity index (χ3n) is 4.26. The van der Waals surface area contributed by atoms with Crippen molar-refractivity contribution in [1.82, 2.24) is 10.3 Å². The van der Waals surface area contributed by atoms with Crippen molar-refractivity contribution < 1.29 is 23.8 Å². The Morgan fingerprint density at radius 2 is 2.15 bits per heavy atom. The fourth-order valence-corrected chi connectivity index (χ4v) is 2.82. The first-order valence-electron chi connectivity index (χ1n) is 8.72. The first kappa shape index (κ1) is 18.8. The highest BCUT2D eigenvalue weighted by Gasteiger charge is 2.24. The molecule has 1 N–H and O–H groups in total. The van der Waals surface area contributed by atoms with E-state index in [1.165, 1.54) is 13.3 Å². The van der Waals surface area contributed by atoms with Gasteiger partial charge in [-0.2, -0.15) is 0 Å². The van der Waals surface area contributed by atoms with Crippen LogP contribution in [-0.2, 0) is 14.3 Å². The number of benzene rings is 1. The molecule has 27 heavy (non-hydrogen) atoms. The van der Waals surface area contributed by atoms with Crippen LogP contribution in [-0.4, -0.2) is 43.3 Å². The fourth-order valence-electron chi connectivity index (χ4n) is 2.82. The summed E-state index contributed by atoms with van der Waals surface area (Å²) in [7, 11) is 1.29. The molecule has 1 aliphatic heterocycles. The number of carbonyl (C=O) groups excluding carboxylic acids is 2. The van der Waals surface area contributed by atoms with Gasteiger partial charge in [-0.15, -0.1) is 0 Å². The first-order valence-corrected chi connectivity index (χ1v) is 8.72. The molecule has 0 bridgehead atoms. The van der Waals surface area contributed by atoms with E-state index in [2.05, 4.69) is 10.3 Å². The van der Waals surface area contributed by atoms with Crippen molar-refractivity contribution >= 4 is 11.9 Å². The molecule has 0 saturated carbocycles.